The van der Waals surface area contributed by atoms with Crippen LogP contribution in [0.25, 0.3) is 0 Å². The van der Waals surface area contributed by atoms with Gasteiger partial charge in [0, 0.05) is 18.8 Å². The Bertz CT molecular complexity index is 646. The van der Waals surface area contributed by atoms with Crippen LogP contribution in [0, 0.1) is 0 Å². The van der Waals surface area contributed by atoms with Crippen molar-refractivity contribution in [2.24, 2.45) is 0 Å². The minimum absolute atomic E-state index is 0.0813. The number of benzene rings is 2. The number of anilines is 1. The van der Waals surface area contributed by atoms with Crippen LogP contribution in [0.15, 0.2) is 54.6 Å². The summed E-state index contributed by atoms with van der Waals surface area (Å²) in [5.74, 6) is 0.730. The van der Waals surface area contributed by atoms with Gasteiger partial charge in [-0.2, -0.15) is 0 Å². The Morgan fingerprint density at radius 2 is 1.92 bits per heavy atom. The molecule has 0 aliphatic heterocycles. The number of hydrogen-bond acceptors (Lipinski definition) is 3. The van der Waals surface area contributed by atoms with Crippen LogP contribution in [0.1, 0.15) is 18.9 Å². The van der Waals surface area contributed by atoms with E-state index in [-0.39, 0.29) is 12.1 Å². The van der Waals surface area contributed by atoms with Gasteiger partial charge in [0.15, 0.2) is 0 Å². The molecule has 1 N–H and O–H groups in total. The van der Waals surface area contributed by atoms with Crippen molar-refractivity contribution in [2.75, 3.05) is 19.5 Å². The smallest absolute Gasteiger partial charge is 0.345 e. The molecule has 2 rings (SSSR count). The molecule has 0 aromatic heterocycles. The van der Waals surface area contributed by atoms with Crippen molar-refractivity contribution in [3.8, 4) is 5.75 Å². The standard InChI is InChI=1S/C19H24N2O3/c1-15(12-13-16-8-5-4-6-9-16)24-18-11-7-10-17(14-18)20-19(22)21(2)23-3/h4-11,14-15H,12-13H2,1-3H3,(H,20,22). The van der Waals surface area contributed by atoms with Crippen LogP contribution in [0.2, 0.25) is 0 Å². The number of aryl methyl sites for hydroxylation is 1. The van der Waals surface area contributed by atoms with Gasteiger partial charge in [-0.05, 0) is 37.5 Å². The molecule has 1 unspecified atom stereocenters. The summed E-state index contributed by atoms with van der Waals surface area (Å²) in [6, 6.07) is 17.4. The molecule has 0 radical (unpaired) electrons. The lowest BCUT2D eigenvalue weighted by molar-refractivity contribution is -0.0598. The lowest BCUT2D eigenvalue weighted by Crippen LogP contribution is -2.30. The first-order valence-electron chi connectivity index (χ1n) is 7.98. The number of rotatable bonds is 7. The summed E-state index contributed by atoms with van der Waals surface area (Å²) in [6.07, 6.45) is 1.97. The van der Waals surface area contributed by atoms with Gasteiger partial charge in [-0.25, -0.2) is 9.86 Å². The highest BCUT2D eigenvalue weighted by atomic mass is 16.7. The normalized spacial score (nSPS) is 11.6. The lowest BCUT2D eigenvalue weighted by Gasteiger charge is -2.17. The Balaban J connectivity index is 1.88. The van der Waals surface area contributed by atoms with Crippen LogP contribution < -0.4 is 10.1 Å². The van der Waals surface area contributed by atoms with Crippen LogP contribution in [-0.4, -0.2) is 31.4 Å². The minimum atomic E-state index is -0.341. The highest BCUT2D eigenvalue weighted by Gasteiger charge is 2.09. The Hall–Kier alpha value is -2.53. The Labute approximate surface area is 143 Å². The second-order valence-electron chi connectivity index (χ2n) is 5.59. The summed E-state index contributed by atoms with van der Waals surface area (Å²) in [4.78, 5) is 16.6. The monoisotopic (exact) mass is 328 g/mol. The number of hydrogen-bond donors (Lipinski definition) is 1. The number of amides is 2. The van der Waals surface area contributed by atoms with Crippen molar-refractivity contribution in [3.63, 3.8) is 0 Å². The van der Waals surface area contributed by atoms with E-state index in [4.69, 9.17) is 9.57 Å². The zero-order valence-corrected chi connectivity index (χ0v) is 14.4. The SMILES string of the molecule is CON(C)C(=O)Nc1cccc(OC(C)CCc2ccccc2)c1. The molecule has 0 spiro atoms. The Kier molecular flexibility index (Phi) is 6.63. The topological polar surface area (TPSA) is 50.8 Å². The van der Waals surface area contributed by atoms with Gasteiger partial charge >= 0.3 is 6.03 Å². The van der Waals surface area contributed by atoms with Crippen LogP contribution in [0.4, 0.5) is 10.5 Å². The molecule has 5 heteroatoms. The average molecular weight is 328 g/mol. The maximum absolute atomic E-state index is 11.8. The third-order valence-electron chi connectivity index (χ3n) is 3.66. The molecule has 0 heterocycles. The second-order valence-corrected chi connectivity index (χ2v) is 5.59. The van der Waals surface area contributed by atoms with E-state index >= 15 is 0 Å². The minimum Gasteiger partial charge on any atom is -0.491 e. The van der Waals surface area contributed by atoms with Crippen molar-refractivity contribution in [1.82, 2.24) is 5.06 Å². The van der Waals surface area contributed by atoms with Gasteiger partial charge in [0.2, 0.25) is 0 Å². The number of carbonyl (C=O) groups is 1. The molecule has 0 fully saturated rings. The maximum Gasteiger partial charge on any atom is 0.345 e. The van der Waals surface area contributed by atoms with Crippen molar-refractivity contribution in [1.29, 1.82) is 0 Å². The summed E-state index contributed by atoms with van der Waals surface area (Å²) in [7, 11) is 2.98. The van der Waals surface area contributed by atoms with E-state index in [0.717, 1.165) is 23.7 Å². The van der Waals surface area contributed by atoms with E-state index in [1.807, 2.05) is 43.3 Å². The third-order valence-corrected chi connectivity index (χ3v) is 3.66. The Morgan fingerprint density at radius 1 is 1.17 bits per heavy atom. The highest BCUT2D eigenvalue weighted by Crippen LogP contribution is 2.20. The van der Waals surface area contributed by atoms with Crippen LogP contribution in [0.5, 0.6) is 5.75 Å². The van der Waals surface area contributed by atoms with Gasteiger partial charge in [-0.1, -0.05) is 36.4 Å². The van der Waals surface area contributed by atoms with E-state index in [1.54, 1.807) is 13.1 Å². The Morgan fingerprint density at radius 3 is 2.62 bits per heavy atom. The van der Waals surface area contributed by atoms with Gasteiger partial charge in [-0.3, -0.25) is 4.84 Å². The highest BCUT2D eigenvalue weighted by molar-refractivity contribution is 5.88. The number of nitrogens with zero attached hydrogens (tertiary/aromatic N) is 1. The predicted molar refractivity (Wildman–Crippen MR) is 95.1 cm³/mol. The van der Waals surface area contributed by atoms with Crippen molar-refractivity contribution >= 4 is 11.7 Å². The molecule has 0 saturated heterocycles. The molecule has 0 aliphatic rings. The first-order chi connectivity index (χ1) is 11.6. The molecule has 2 aromatic carbocycles. The van der Waals surface area contributed by atoms with Gasteiger partial charge in [-0.15, -0.1) is 0 Å². The molecule has 0 saturated carbocycles. The molecule has 2 aromatic rings. The summed E-state index contributed by atoms with van der Waals surface area (Å²) < 4.78 is 5.95. The third kappa shape index (κ3) is 5.59. The molecule has 0 bridgehead atoms. The summed E-state index contributed by atoms with van der Waals surface area (Å²) in [6.45, 7) is 2.05. The van der Waals surface area contributed by atoms with E-state index in [1.165, 1.54) is 12.7 Å². The summed E-state index contributed by atoms with van der Waals surface area (Å²) >= 11 is 0. The van der Waals surface area contributed by atoms with E-state index in [2.05, 4.69) is 17.4 Å². The number of hydroxylamine groups is 2. The molecule has 2 amide bonds. The van der Waals surface area contributed by atoms with Gasteiger partial charge in [0.1, 0.15) is 5.75 Å². The van der Waals surface area contributed by atoms with Crippen molar-refractivity contribution in [3.05, 3.63) is 60.2 Å². The first kappa shape index (κ1) is 17.8. The van der Waals surface area contributed by atoms with E-state index in [9.17, 15) is 4.79 Å². The molecule has 0 aliphatic carbocycles. The van der Waals surface area contributed by atoms with E-state index < -0.39 is 0 Å². The zero-order chi connectivity index (χ0) is 17.4. The number of nitrogens with one attached hydrogen (secondary N) is 1. The van der Waals surface area contributed by atoms with E-state index in [0.29, 0.717) is 5.69 Å². The fourth-order valence-electron chi connectivity index (χ4n) is 2.24. The summed E-state index contributed by atoms with van der Waals surface area (Å²) in [5, 5.41) is 3.87. The molecular formula is C19H24N2O3. The number of ether oxygens (including phenoxy) is 1. The molecule has 1 atom stereocenters. The molecule has 24 heavy (non-hydrogen) atoms. The zero-order valence-electron chi connectivity index (χ0n) is 14.4. The van der Waals surface area contributed by atoms with Gasteiger partial charge in [0.25, 0.3) is 0 Å². The fraction of sp³-hybridized carbons (Fsp3) is 0.316. The largest absolute Gasteiger partial charge is 0.491 e. The van der Waals surface area contributed by atoms with Crippen LogP contribution in [-0.2, 0) is 11.3 Å². The number of carbonyl (C=O) groups excluding carboxylic acids is 1. The average Bonchev–Trinajstić information content (AvgIpc) is 2.60. The quantitative estimate of drug-likeness (QED) is 0.778. The molecule has 5 nitrogen and oxygen atoms in total. The molecule has 128 valence electrons. The van der Waals surface area contributed by atoms with Crippen LogP contribution in [0.3, 0.4) is 0 Å². The maximum atomic E-state index is 11.8. The molecular weight excluding hydrogens is 304 g/mol. The lowest BCUT2D eigenvalue weighted by atomic mass is 10.1. The van der Waals surface area contributed by atoms with Crippen molar-refractivity contribution < 1.29 is 14.4 Å². The van der Waals surface area contributed by atoms with Gasteiger partial charge < -0.3 is 10.1 Å². The fourth-order valence-corrected chi connectivity index (χ4v) is 2.24. The van der Waals surface area contributed by atoms with Crippen molar-refractivity contribution in [2.45, 2.75) is 25.9 Å². The predicted octanol–water partition coefficient (Wildman–Crippen LogP) is 4.11. The first-order valence-corrected chi connectivity index (χ1v) is 7.98. The number of urea groups is 1. The van der Waals surface area contributed by atoms with Crippen LogP contribution >= 0.6 is 0 Å². The summed E-state index contributed by atoms with van der Waals surface area (Å²) in [5.41, 5.74) is 1.97. The van der Waals surface area contributed by atoms with Gasteiger partial charge in [0.05, 0.1) is 13.2 Å². The second kappa shape index (κ2) is 8.93.